The molecule has 0 aromatic heterocycles. The second-order valence-electron chi connectivity index (χ2n) is 7.77. The number of amides is 2. The van der Waals surface area contributed by atoms with Crippen molar-refractivity contribution >= 4 is 39.9 Å². The van der Waals surface area contributed by atoms with Crippen LogP contribution in [0.1, 0.15) is 25.8 Å². The molecule has 5 atom stereocenters. The van der Waals surface area contributed by atoms with Crippen LogP contribution in [0.5, 0.6) is 11.5 Å². The van der Waals surface area contributed by atoms with E-state index in [-0.39, 0.29) is 42.1 Å². The number of fused-ring (bicyclic) bond motifs is 5. The Morgan fingerprint density at radius 1 is 1.23 bits per heavy atom. The fraction of sp³-hybridized carbons (Fsp3) is 0.455. The summed E-state index contributed by atoms with van der Waals surface area (Å²) in [5.74, 6) is -0.560. The van der Waals surface area contributed by atoms with Gasteiger partial charge in [0.05, 0.1) is 31.8 Å². The van der Waals surface area contributed by atoms with Gasteiger partial charge in [-0.15, -0.1) is 0 Å². The molecular weight excluding hydrogens is 468 g/mol. The summed E-state index contributed by atoms with van der Waals surface area (Å²) in [5, 5.41) is 5.19. The van der Waals surface area contributed by atoms with Crippen molar-refractivity contribution < 1.29 is 28.6 Å². The number of carbonyl (C=O) groups is 3. The number of methoxy groups -OCH3 is 1. The Labute approximate surface area is 188 Å². The smallest absolute Gasteiger partial charge is 0.347 e. The Morgan fingerprint density at radius 2 is 1.87 bits per heavy atom. The molecule has 164 valence electrons. The Bertz CT molecular complexity index is 960. The van der Waals surface area contributed by atoms with Gasteiger partial charge < -0.3 is 14.2 Å². The first kappa shape index (κ1) is 21.5. The molecule has 3 aliphatic rings. The van der Waals surface area contributed by atoms with Crippen LogP contribution in [0.4, 0.5) is 0 Å². The van der Waals surface area contributed by atoms with Crippen LogP contribution in [0.2, 0.25) is 0 Å². The summed E-state index contributed by atoms with van der Waals surface area (Å²) in [6.07, 6.45) is 5.59. The zero-order chi connectivity index (χ0) is 22.3. The predicted octanol–water partition coefficient (Wildman–Crippen LogP) is 2.93. The molecular formula is C22H23BrN2O6. The molecule has 0 N–H and O–H groups in total. The van der Waals surface area contributed by atoms with Gasteiger partial charge >= 0.3 is 5.97 Å². The maximum Gasteiger partial charge on any atom is 0.347 e. The van der Waals surface area contributed by atoms with Crippen molar-refractivity contribution in [1.29, 1.82) is 0 Å². The van der Waals surface area contributed by atoms with Crippen molar-refractivity contribution in [3.05, 3.63) is 34.3 Å². The van der Waals surface area contributed by atoms with E-state index in [1.807, 2.05) is 12.2 Å². The molecule has 1 aromatic rings. The number of esters is 1. The Kier molecular flexibility index (Phi) is 5.88. The summed E-state index contributed by atoms with van der Waals surface area (Å²) in [6, 6.07) is 3.29. The highest BCUT2D eigenvalue weighted by atomic mass is 79.9. The van der Waals surface area contributed by atoms with E-state index in [2.05, 4.69) is 21.0 Å². The molecule has 2 aliphatic carbocycles. The van der Waals surface area contributed by atoms with E-state index in [4.69, 9.17) is 14.2 Å². The van der Waals surface area contributed by atoms with Crippen molar-refractivity contribution in [3.8, 4) is 11.5 Å². The number of ether oxygens (including phenoxy) is 3. The Morgan fingerprint density at radius 3 is 2.45 bits per heavy atom. The van der Waals surface area contributed by atoms with Crippen molar-refractivity contribution in [1.82, 2.24) is 5.01 Å². The van der Waals surface area contributed by atoms with Gasteiger partial charge in [-0.3, -0.25) is 9.59 Å². The third-order valence-electron chi connectivity index (χ3n) is 5.96. The Hall–Kier alpha value is -2.68. The standard InChI is InChI=1S/C22H23BrN2O6/c1-4-30-22(28)11(2)31-17-9-15(23)14(8-16(17)29-3)10-24-25-20(26)18-12-5-6-13(7-12)19(18)21(25)27/h5-6,8-13,18-19H,4,7H2,1-3H3. The lowest BCUT2D eigenvalue weighted by Gasteiger charge is -2.17. The van der Waals surface area contributed by atoms with Gasteiger partial charge in [0.1, 0.15) is 0 Å². The summed E-state index contributed by atoms with van der Waals surface area (Å²) >= 11 is 3.44. The zero-order valence-corrected chi connectivity index (χ0v) is 19.0. The molecule has 8 nitrogen and oxygen atoms in total. The van der Waals surface area contributed by atoms with Gasteiger partial charge in [0.2, 0.25) is 0 Å². The number of rotatable bonds is 7. The summed E-state index contributed by atoms with van der Waals surface area (Å²) in [5.41, 5.74) is 0.590. The Balaban J connectivity index is 1.53. The topological polar surface area (TPSA) is 94.5 Å². The maximum absolute atomic E-state index is 12.8. The number of hydrogen-bond acceptors (Lipinski definition) is 7. The third-order valence-corrected chi connectivity index (χ3v) is 6.65. The van der Waals surface area contributed by atoms with Crippen molar-refractivity contribution in [2.75, 3.05) is 13.7 Å². The normalized spacial score (nSPS) is 27.2. The van der Waals surface area contributed by atoms with Gasteiger partial charge in [-0.25, -0.2) is 4.79 Å². The van der Waals surface area contributed by atoms with Crippen LogP contribution < -0.4 is 9.47 Å². The van der Waals surface area contributed by atoms with Gasteiger partial charge in [-0.05, 0) is 60.2 Å². The van der Waals surface area contributed by atoms with E-state index in [1.165, 1.54) is 13.3 Å². The first-order chi connectivity index (χ1) is 14.8. The molecule has 4 rings (SSSR count). The lowest BCUT2D eigenvalue weighted by molar-refractivity contribution is -0.150. The number of benzene rings is 1. The van der Waals surface area contributed by atoms with Gasteiger partial charge in [0.25, 0.3) is 11.8 Å². The highest BCUT2D eigenvalue weighted by molar-refractivity contribution is 9.10. The van der Waals surface area contributed by atoms with E-state index in [0.717, 1.165) is 11.4 Å². The number of hydrogen-bond donors (Lipinski definition) is 0. The van der Waals surface area contributed by atoms with Crippen LogP contribution in [0.25, 0.3) is 0 Å². The van der Waals surface area contributed by atoms with Crippen LogP contribution in [0.15, 0.2) is 33.9 Å². The molecule has 0 radical (unpaired) electrons. The first-order valence-corrected chi connectivity index (χ1v) is 11.0. The minimum absolute atomic E-state index is 0.135. The van der Waals surface area contributed by atoms with Crippen LogP contribution in [0, 0.1) is 23.7 Å². The van der Waals surface area contributed by atoms with E-state index in [9.17, 15) is 14.4 Å². The van der Waals surface area contributed by atoms with Crippen molar-refractivity contribution in [2.45, 2.75) is 26.4 Å². The second-order valence-corrected chi connectivity index (χ2v) is 8.62. The van der Waals surface area contributed by atoms with Crippen LogP contribution >= 0.6 is 15.9 Å². The predicted molar refractivity (Wildman–Crippen MR) is 115 cm³/mol. The second kappa shape index (κ2) is 8.45. The summed E-state index contributed by atoms with van der Waals surface area (Å²) in [6.45, 7) is 3.57. The van der Waals surface area contributed by atoms with Crippen molar-refractivity contribution in [2.24, 2.45) is 28.8 Å². The third kappa shape index (κ3) is 3.75. The first-order valence-electron chi connectivity index (χ1n) is 10.2. The lowest BCUT2D eigenvalue weighted by Crippen LogP contribution is -2.28. The van der Waals surface area contributed by atoms with Gasteiger partial charge in [-0.2, -0.15) is 10.1 Å². The summed E-state index contributed by atoms with van der Waals surface area (Å²) in [7, 11) is 1.48. The molecule has 2 bridgehead atoms. The number of hydrazone groups is 1. The number of imide groups is 1. The van der Waals surface area contributed by atoms with Gasteiger partial charge in [-0.1, -0.05) is 12.2 Å². The maximum atomic E-state index is 12.8. The SMILES string of the molecule is CCOC(=O)C(C)Oc1cc(Br)c(C=NN2C(=O)C3C4C=CC(C4)C3C2=O)cc1OC. The number of nitrogens with zero attached hydrogens (tertiary/aromatic N) is 2. The number of carbonyl (C=O) groups excluding carboxylic acids is 3. The number of allylic oxidation sites excluding steroid dienone is 2. The summed E-state index contributed by atoms with van der Waals surface area (Å²) < 4.78 is 16.6. The minimum atomic E-state index is -0.816. The van der Waals surface area contributed by atoms with Crippen molar-refractivity contribution in [3.63, 3.8) is 0 Å². The molecule has 1 aromatic carbocycles. The molecule has 0 spiro atoms. The lowest BCUT2D eigenvalue weighted by atomic mass is 9.85. The average Bonchev–Trinajstić information content (AvgIpc) is 3.42. The molecule has 2 fully saturated rings. The molecule has 1 saturated carbocycles. The fourth-order valence-corrected chi connectivity index (χ4v) is 4.94. The molecule has 1 aliphatic heterocycles. The molecule has 1 heterocycles. The highest BCUT2D eigenvalue weighted by Crippen LogP contribution is 2.52. The van der Waals surface area contributed by atoms with Gasteiger partial charge in [0, 0.05) is 10.0 Å². The van der Waals surface area contributed by atoms with Crippen LogP contribution in [-0.4, -0.2) is 48.8 Å². The van der Waals surface area contributed by atoms with Crippen LogP contribution in [-0.2, 0) is 19.1 Å². The summed E-state index contributed by atoms with van der Waals surface area (Å²) in [4.78, 5) is 37.4. The fourth-order valence-electron chi connectivity index (χ4n) is 4.52. The van der Waals surface area contributed by atoms with Crippen LogP contribution in [0.3, 0.4) is 0 Å². The monoisotopic (exact) mass is 490 g/mol. The van der Waals surface area contributed by atoms with E-state index in [1.54, 1.807) is 26.0 Å². The minimum Gasteiger partial charge on any atom is -0.493 e. The molecule has 1 saturated heterocycles. The zero-order valence-electron chi connectivity index (χ0n) is 17.4. The molecule has 31 heavy (non-hydrogen) atoms. The molecule has 9 heteroatoms. The number of halogens is 1. The van der Waals surface area contributed by atoms with E-state index < -0.39 is 12.1 Å². The molecule has 2 amide bonds. The molecule has 5 unspecified atom stereocenters. The van der Waals surface area contributed by atoms with E-state index >= 15 is 0 Å². The highest BCUT2D eigenvalue weighted by Gasteiger charge is 2.59. The van der Waals surface area contributed by atoms with Gasteiger partial charge in [0.15, 0.2) is 17.6 Å². The quantitative estimate of drug-likeness (QED) is 0.252. The average molecular weight is 491 g/mol. The largest absolute Gasteiger partial charge is 0.493 e. The van der Waals surface area contributed by atoms with E-state index in [0.29, 0.717) is 21.5 Å².